The molecule has 0 aromatic heterocycles. The van der Waals surface area contributed by atoms with E-state index in [9.17, 15) is 22.4 Å². The summed E-state index contributed by atoms with van der Waals surface area (Å²) < 4.78 is 47.6. The summed E-state index contributed by atoms with van der Waals surface area (Å²) in [5.74, 6) is -3.44. The Kier molecular flexibility index (Phi) is 2.77. The number of nitrogens with zero attached hydrogens (tertiary/aromatic N) is 1. The van der Waals surface area contributed by atoms with E-state index in [2.05, 4.69) is 0 Å². The zero-order valence-electron chi connectivity index (χ0n) is 6.77. The van der Waals surface area contributed by atoms with E-state index < -0.39 is 37.8 Å². The molecule has 0 unspecified atom stereocenters. The molecule has 0 aromatic carbocycles. The average Bonchev–Trinajstić information content (AvgIpc) is 1.95. The fraction of sp³-hybridized carbons (Fsp3) is 0.857. The van der Waals surface area contributed by atoms with Crippen molar-refractivity contribution in [1.29, 1.82) is 0 Å². The number of carbonyl (C=O) groups is 1. The monoisotopic (exact) mass is 199 g/mol. The van der Waals surface area contributed by atoms with E-state index in [1.165, 1.54) is 0 Å². The molecule has 0 spiro atoms. The fourth-order valence-corrected chi connectivity index (χ4v) is 1.08. The van der Waals surface area contributed by atoms with Crippen LogP contribution in [0, 0.1) is 0 Å². The van der Waals surface area contributed by atoms with E-state index in [1.54, 1.807) is 0 Å². The van der Waals surface area contributed by atoms with Crippen LogP contribution in [0.15, 0.2) is 0 Å². The molecule has 0 radical (unpaired) electrons. The standard InChI is InChI=1S/C7H9F4NO/c8-5(9)1-2-6(13)12-3-7(10,11)4-12/h5H,1-4H2. The minimum atomic E-state index is -2.82. The van der Waals surface area contributed by atoms with Crippen LogP contribution in [0.25, 0.3) is 0 Å². The van der Waals surface area contributed by atoms with E-state index in [0.29, 0.717) is 0 Å². The van der Waals surface area contributed by atoms with Gasteiger partial charge in [-0.1, -0.05) is 0 Å². The lowest BCUT2D eigenvalue weighted by atomic mass is 10.1. The number of alkyl halides is 4. The summed E-state index contributed by atoms with van der Waals surface area (Å²) in [4.78, 5) is 11.8. The molecule has 0 saturated carbocycles. The molecule has 1 aliphatic heterocycles. The molecule has 13 heavy (non-hydrogen) atoms. The van der Waals surface area contributed by atoms with Crippen LogP contribution >= 0.6 is 0 Å². The summed E-state index contributed by atoms with van der Waals surface area (Å²) in [6.45, 7) is -1.26. The number of carbonyl (C=O) groups excluding carboxylic acids is 1. The molecular formula is C7H9F4NO. The van der Waals surface area contributed by atoms with Gasteiger partial charge in [0.05, 0.1) is 13.1 Å². The molecule has 1 fully saturated rings. The van der Waals surface area contributed by atoms with Gasteiger partial charge in [0, 0.05) is 12.8 Å². The first-order valence-corrected chi connectivity index (χ1v) is 3.84. The second-order valence-corrected chi connectivity index (χ2v) is 3.04. The Morgan fingerprint density at radius 2 is 1.92 bits per heavy atom. The summed E-state index contributed by atoms with van der Waals surface area (Å²) in [6, 6.07) is 0. The lowest BCUT2D eigenvalue weighted by Crippen LogP contribution is -2.58. The first-order valence-electron chi connectivity index (χ1n) is 3.84. The van der Waals surface area contributed by atoms with Crippen molar-refractivity contribution in [2.24, 2.45) is 0 Å². The molecular weight excluding hydrogens is 190 g/mol. The van der Waals surface area contributed by atoms with Gasteiger partial charge >= 0.3 is 0 Å². The van der Waals surface area contributed by atoms with Crippen LogP contribution in [0.2, 0.25) is 0 Å². The van der Waals surface area contributed by atoms with E-state index in [4.69, 9.17) is 0 Å². The van der Waals surface area contributed by atoms with Gasteiger partial charge in [-0.3, -0.25) is 4.79 Å². The van der Waals surface area contributed by atoms with Gasteiger partial charge in [-0.15, -0.1) is 0 Å². The fourth-order valence-electron chi connectivity index (χ4n) is 1.08. The molecule has 0 bridgehead atoms. The van der Waals surface area contributed by atoms with Crippen LogP contribution < -0.4 is 0 Å². The summed E-state index contributed by atoms with van der Waals surface area (Å²) in [6.07, 6.45) is -3.46. The van der Waals surface area contributed by atoms with Gasteiger partial charge in [0.25, 0.3) is 5.92 Å². The van der Waals surface area contributed by atoms with Crippen LogP contribution in [0.1, 0.15) is 12.8 Å². The van der Waals surface area contributed by atoms with Crippen molar-refractivity contribution in [3.05, 3.63) is 0 Å². The second-order valence-electron chi connectivity index (χ2n) is 3.04. The summed E-state index contributed by atoms with van der Waals surface area (Å²) in [7, 11) is 0. The Morgan fingerprint density at radius 3 is 2.31 bits per heavy atom. The molecule has 1 heterocycles. The largest absolute Gasteiger partial charge is 0.330 e. The number of likely N-dealkylation sites (tertiary alicyclic amines) is 1. The lowest BCUT2D eigenvalue weighted by Gasteiger charge is -2.38. The van der Waals surface area contributed by atoms with Crippen molar-refractivity contribution in [3.8, 4) is 0 Å². The van der Waals surface area contributed by atoms with Crippen molar-refractivity contribution in [2.75, 3.05) is 13.1 Å². The number of rotatable bonds is 3. The highest BCUT2D eigenvalue weighted by Gasteiger charge is 2.45. The average molecular weight is 199 g/mol. The molecule has 1 aliphatic rings. The Morgan fingerprint density at radius 1 is 1.38 bits per heavy atom. The third-order valence-corrected chi connectivity index (χ3v) is 1.77. The molecule has 0 atom stereocenters. The van der Waals surface area contributed by atoms with Gasteiger partial charge in [-0.05, 0) is 0 Å². The minimum absolute atomic E-state index is 0.353. The van der Waals surface area contributed by atoms with Crippen LogP contribution in [0.5, 0.6) is 0 Å². The third-order valence-electron chi connectivity index (χ3n) is 1.77. The molecule has 0 N–H and O–H groups in total. The van der Waals surface area contributed by atoms with Crippen molar-refractivity contribution in [2.45, 2.75) is 25.2 Å². The number of amides is 1. The van der Waals surface area contributed by atoms with Crippen molar-refractivity contribution in [3.63, 3.8) is 0 Å². The van der Waals surface area contributed by atoms with Gasteiger partial charge in [-0.25, -0.2) is 17.6 Å². The molecule has 1 amide bonds. The zero-order valence-corrected chi connectivity index (χ0v) is 6.77. The molecule has 76 valence electrons. The normalized spacial score (nSPS) is 20.2. The van der Waals surface area contributed by atoms with E-state index in [1.807, 2.05) is 0 Å². The quantitative estimate of drug-likeness (QED) is 0.631. The highest BCUT2D eigenvalue weighted by Crippen LogP contribution is 2.27. The molecule has 2 nitrogen and oxygen atoms in total. The van der Waals surface area contributed by atoms with Gasteiger partial charge in [0.15, 0.2) is 0 Å². The van der Waals surface area contributed by atoms with Gasteiger partial charge in [0.2, 0.25) is 12.3 Å². The molecule has 1 saturated heterocycles. The Hall–Kier alpha value is -0.810. The topological polar surface area (TPSA) is 20.3 Å². The van der Waals surface area contributed by atoms with Gasteiger partial charge in [-0.2, -0.15) is 0 Å². The zero-order chi connectivity index (χ0) is 10.1. The third kappa shape index (κ3) is 2.86. The summed E-state index contributed by atoms with van der Waals surface area (Å²) >= 11 is 0. The number of hydrogen-bond acceptors (Lipinski definition) is 1. The minimum Gasteiger partial charge on any atom is -0.330 e. The van der Waals surface area contributed by atoms with Crippen molar-refractivity contribution >= 4 is 5.91 Å². The Bertz CT molecular complexity index is 199. The molecule has 6 heteroatoms. The molecule has 1 rings (SSSR count). The summed E-state index contributed by atoms with van der Waals surface area (Å²) in [5.41, 5.74) is 0. The first-order chi connectivity index (χ1) is 5.91. The first kappa shape index (κ1) is 10.3. The Balaban J connectivity index is 2.20. The number of hydrogen-bond donors (Lipinski definition) is 0. The van der Waals surface area contributed by atoms with E-state index >= 15 is 0 Å². The van der Waals surface area contributed by atoms with E-state index in [-0.39, 0.29) is 6.42 Å². The predicted octanol–water partition coefficient (Wildman–Crippen LogP) is 1.51. The van der Waals surface area contributed by atoms with Crippen molar-refractivity contribution in [1.82, 2.24) is 4.90 Å². The predicted molar refractivity (Wildman–Crippen MR) is 36.8 cm³/mol. The number of halogens is 4. The SMILES string of the molecule is O=C(CCC(F)F)N1CC(F)(F)C1. The van der Waals surface area contributed by atoms with E-state index in [0.717, 1.165) is 4.90 Å². The smallest absolute Gasteiger partial charge is 0.282 e. The second kappa shape index (κ2) is 3.51. The summed E-state index contributed by atoms with van der Waals surface area (Å²) in [5, 5.41) is 0. The molecule has 0 aliphatic carbocycles. The Labute approximate surface area is 72.5 Å². The maximum Gasteiger partial charge on any atom is 0.282 e. The van der Waals surface area contributed by atoms with Crippen molar-refractivity contribution < 1.29 is 22.4 Å². The van der Waals surface area contributed by atoms with Crippen LogP contribution in [-0.2, 0) is 4.79 Å². The maximum absolute atomic E-state index is 12.2. The highest BCUT2D eigenvalue weighted by molar-refractivity contribution is 5.77. The molecule has 0 aromatic rings. The van der Waals surface area contributed by atoms with Crippen LogP contribution in [0.4, 0.5) is 17.6 Å². The van der Waals surface area contributed by atoms with Gasteiger partial charge < -0.3 is 4.90 Å². The maximum atomic E-state index is 12.2. The van der Waals surface area contributed by atoms with Crippen LogP contribution in [0.3, 0.4) is 0 Å². The van der Waals surface area contributed by atoms with Crippen LogP contribution in [-0.4, -0.2) is 36.2 Å². The van der Waals surface area contributed by atoms with Gasteiger partial charge in [0.1, 0.15) is 0 Å². The lowest BCUT2D eigenvalue weighted by molar-refractivity contribution is -0.166. The highest BCUT2D eigenvalue weighted by atomic mass is 19.3.